The van der Waals surface area contributed by atoms with E-state index < -0.39 is 0 Å². The van der Waals surface area contributed by atoms with E-state index in [1.807, 2.05) is 0 Å². The summed E-state index contributed by atoms with van der Waals surface area (Å²) >= 11 is 0. The van der Waals surface area contributed by atoms with E-state index in [0.717, 1.165) is 6.42 Å². The molecule has 0 bridgehead atoms. The van der Waals surface area contributed by atoms with E-state index >= 15 is 0 Å². The molecule has 0 radical (unpaired) electrons. The van der Waals surface area contributed by atoms with Gasteiger partial charge in [-0.1, -0.05) is 77.0 Å². The molecule has 0 spiro atoms. The van der Waals surface area contributed by atoms with E-state index in [9.17, 15) is 4.79 Å². The second-order valence-corrected chi connectivity index (χ2v) is 6.72. The number of carbonyl (C=O) groups is 1. The summed E-state index contributed by atoms with van der Waals surface area (Å²) in [6.07, 6.45) is 18.9. The number of unbranched alkanes of at least 4 members (excludes halogenated alkanes) is 13. The maximum absolute atomic E-state index is 9.95. The lowest BCUT2D eigenvalue weighted by atomic mass is 10.0. The molecule has 3 heteroatoms. The van der Waals surface area contributed by atoms with Crippen molar-refractivity contribution >= 4 is 6.47 Å². The van der Waals surface area contributed by atoms with Crippen LogP contribution in [0.3, 0.4) is 0 Å². The highest BCUT2D eigenvalue weighted by molar-refractivity contribution is 5.36. The maximum atomic E-state index is 9.95. The highest BCUT2D eigenvalue weighted by Gasteiger charge is 1.95. The van der Waals surface area contributed by atoms with Crippen molar-refractivity contribution < 1.29 is 9.53 Å². The average molecular weight is 314 g/mol. The maximum Gasteiger partial charge on any atom is 0.293 e. The second kappa shape index (κ2) is 18.5. The van der Waals surface area contributed by atoms with E-state index in [2.05, 4.69) is 23.7 Å². The summed E-state index contributed by atoms with van der Waals surface area (Å²) < 4.78 is 4.67. The Labute approximate surface area is 138 Å². The lowest BCUT2D eigenvalue weighted by molar-refractivity contribution is -0.128. The van der Waals surface area contributed by atoms with Crippen LogP contribution in [0.15, 0.2) is 0 Å². The first-order valence-electron chi connectivity index (χ1n) is 9.47. The SMILES string of the molecule is CN(C)CCCCCCCCCCCCCCCCOC=O. The van der Waals surface area contributed by atoms with Gasteiger partial charge in [-0.3, -0.25) is 4.79 Å². The van der Waals surface area contributed by atoms with E-state index in [-0.39, 0.29) is 0 Å². The van der Waals surface area contributed by atoms with Gasteiger partial charge in [0, 0.05) is 0 Å². The molecule has 0 saturated carbocycles. The number of ether oxygens (including phenoxy) is 1. The van der Waals surface area contributed by atoms with E-state index in [0.29, 0.717) is 13.1 Å². The summed E-state index contributed by atoms with van der Waals surface area (Å²) in [5.74, 6) is 0. The Hall–Kier alpha value is -0.570. The standard InChI is InChI=1S/C19H39NO2/c1-20(2)17-15-13-11-9-7-5-3-4-6-8-10-12-14-16-18-22-19-21/h19H,3-18H2,1-2H3. The zero-order valence-electron chi connectivity index (χ0n) is 15.2. The van der Waals surface area contributed by atoms with Gasteiger partial charge in [-0.2, -0.15) is 0 Å². The van der Waals surface area contributed by atoms with Crippen LogP contribution in [0.1, 0.15) is 89.9 Å². The fourth-order valence-electron chi connectivity index (χ4n) is 2.78. The van der Waals surface area contributed by atoms with Gasteiger partial charge in [-0.15, -0.1) is 0 Å². The molecule has 132 valence electrons. The lowest BCUT2D eigenvalue weighted by Crippen LogP contribution is -2.12. The van der Waals surface area contributed by atoms with Crippen molar-refractivity contribution in [2.24, 2.45) is 0 Å². The molecule has 0 amide bonds. The third-order valence-electron chi connectivity index (χ3n) is 4.19. The summed E-state index contributed by atoms with van der Waals surface area (Å²) in [6, 6.07) is 0. The molecule has 0 rings (SSSR count). The van der Waals surface area contributed by atoms with Gasteiger partial charge in [0.05, 0.1) is 6.61 Å². The largest absolute Gasteiger partial charge is 0.468 e. The van der Waals surface area contributed by atoms with Gasteiger partial charge in [-0.05, 0) is 33.5 Å². The third kappa shape index (κ3) is 19.4. The molecule has 0 N–H and O–H groups in total. The quantitative estimate of drug-likeness (QED) is 0.258. The van der Waals surface area contributed by atoms with Crippen LogP contribution in [0, 0.1) is 0 Å². The smallest absolute Gasteiger partial charge is 0.293 e. The molecule has 0 aromatic rings. The Morgan fingerprint density at radius 1 is 0.636 bits per heavy atom. The summed E-state index contributed by atoms with van der Waals surface area (Å²) in [5.41, 5.74) is 0. The van der Waals surface area contributed by atoms with Gasteiger partial charge in [-0.25, -0.2) is 0 Å². The molecule has 0 unspecified atom stereocenters. The first-order chi connectivity index (χ1) is 10.8. The fourth-order valence-corrected chi connectivity index (χ4v) is 2.78. The molecular weight excluding hydrogens is 274 g/mol. The van der Waals surface area contributed by atoms with E-state index in [1.165, 1.54) is 90.0 Å². The van der Waals surface area contributed by atoms with Crippen molar-refractivity contribution in [2.75, 3.05) is 27.2 Å². The molecule has 0 atom stereocenters. The lowest BCUT2D eigenvalue weighted by Gasteiger charge is -2.08. The van der Waals surface area contributed by atoms with E-state index in [4.69, 9.17) is 0 Å². The monoisotopic (exact) mass is 313 g/mol. The number of nitrogens with zero attached hydrogens (tertiary/aromatic N) is 1. The molecule has 0 saturated heterocycles. The Morgan fingerprint density at radius 3 is 1.36 bits per heavy atom. The molecule has 0 fully saturated rings. The Kier molecular flexibility index (Phi) is 18.0. The van der Waals surface area contributed by atoms with Crippen molar-refractivity contribution in [3.63, 3.8) is 0 Å². The summed E-state index contributed by atoms with van der Waals surface area (Å²) in [4.78, 5) is 12.2. The van der Waals surface area contributed by atoms with E-state index in [1.54, 1.807) is 0 Å². The molecule has 22 heavy (non-hydrogen) atoms. The van der Waals surface area contributed by atoms with Crippen molar-refractivity contribution in [3.05, 3.63) is 0 Å². The van der Waals surface area contributed by atoms with Gasteiger partial charge in [0.2, 0.25) is 0 Å². The summed E-state index contributed by atoms with van der Waals surface area (Å²) in [7, 11) is 4.31. The minimum atomic E-state index is 0.545. The third-order valence-corrected chi connectivity index (χ3v) is 4.19. The predicted molar refractivity (Wildman–Crippen MR) is 95.2 cm³/mol. The average Bonchev–Trinajstić information content (AvgIpc) is 2.50. The highest BCUT2D eigenvalue weighted by Crippen LogP contribution is 2.13. The summed E-state index contributed by atoms with van der Waals surface area (Å²) in [5, 5.41) is 0. The van der Waals surface area contributed by atoms with Gasteiger partial charge in [0.25, 0.3) is 6.47 Å². The summed E-state index contributed by atoms with van der Waals surface area (Å²) in [6.45, 7) is 2.38. The topological polar surface area (TPSA) is 29.5 Å². The first kappa shape index (κ1) is 21.4. The Bertz CT molecular complexity index is 219. The second-order valence-electron chi connectivity index (χ2n) is 6.72. The Balaban J connectivity index is 2.95. The van der Waals surface area contributed by atoms with Crippen LogP contribution < -0.4 is 0 Å². The zero-order chi connectivity index (χ0) is 16.3. The fraction of sp³-hybridized carbons (Fsp3) is 0.947. The highest BCUT2D eigenvalue weighted by atomic mass is 16.5. The number of hydrogen-bond donors (Lipinski definition) is 0. The van der Waals surface area contributed by atoms with Crippen LogP contribution in [-0.2, 0) is 9.53 Å². The zero-order valence-corrected chi connectivity index (χ0v) is 15.2. The van der Waals surface area contributed by atoms with Crippen molar-refractivity contribution in [1.29, 1.82) is 0 Å². The normalized spacial score (nSPS) is 11.0. The Morgan fingerprint density at radius 2 is 1.00 bits per heavy atom. The number of hydrogen-bond acceptors (Lipinski definition) is 3. The minimum absolute atomic E-state index is 0.545. The molecule has 0 aliphatic carbocycles. The van der Waals surface area contributed by atoms with Crippen LogP contribution in [0.2, 0.25) is 0 Å². The van der Waals surface area contributed by atoms with Gasteiger partial charge in [0.1, 0.15) is 0 Å². The van der Waals surface area contributed by atoms with Crippen LogP contribution in [0.4, 0.5) is 0 Å². The van der Waals surface area contributed by atoms with Crippen LogP contribution >= 0.6 is 0 Å². The van der Waals surface area contributed by atoms with Gasteiger partial charge in [0.15, 0.2) is 0 Å². The van der Waals surface area contributed by atoms with Crippen LogP contribution in [0.5, 0.6) is 0 Å². The van der Waals surface area contributed by atoms with Crippen molar-refractivity contribution in [1.82, 2.24) is 4.90 Å². The van der Waals surface area contributed by atoms with Crippen LogP contribution in [0.25, 0.3) is 0 Å². The minimum Gasteiger partial charge on any atom is -0.468 e. The molecule has 0 aliphatic heterocycles. The molecule has 0 heterocycles. The number of rotatable bonds is 18. The van der Waals surface area contributed by atoms with Crippen LogP contribution in [-0.4, -0.2) is 38.6 Å². The van der Waals surface area contributed by atoms with Gasteiger partial charge < -0.3 is 9.64 Å². The number of carbonyl (C=O) groups excluding carboxylic acids is 1. The van der Waals surface area contributed by atoms with Crippen molar-refractivity contribution in [2.45, 2.75) is 89.9 Å². The molecule has 0 aromatic heterocycles. The predicted octanol–water partition coefficient (Wildman–Crippen LogP) is 5.18. The van der Waals surface area contributed by atoms with Crippen molar-refractivity contribution in [3.8, 4) is 0 Å². The molecular formula is C19H39NO2. The molecule has 3 nitrogen and oxygen atoms in total. The van der Waals surface area contributed by atoms with Gasteiger partial charge >= 0.3 is 0 Å². The molecule has 0 aromatic carbocycles. The molecule has 0 aliphatic rings. The first-order valence-corrected chi connectivity index (χ1v) is 9.47.